The smallest absolute Gasteiger partial charge is 0.268 e. The molecule has 0 aliphatic carbocycles. The molecule has 0 aliphatic rings. The van der Waals surface area contributed by atoms with E-state index in [1.165, 1.54) is 23.5 Å². The van der Waals surface area contributed by atoms with Gasteiger partial charge in [-0.25, -0.2) is 4.39 Å². The summed E-state index contributed by atoms with van der Waals surface area (Å²) in [5, 5.41) is 8.41. The molecule has 1 amide bonds. The molecular formula is C15H12FN3O2S. The van der Waals surface area contributed by atoms with Crippen molar-refractivity contribution in [3.8, 4) is 10.8 Å². The summed E-state index contributed by atoms with van der Waals surface area (Å²) in [5.41, 5.74) is 0.616. The van der Waals surface area contributed by atoms with Gasteiger partial charge in [0, 0.05) is 0 Å². The molecule has 0 saturated carbocycles. The van der Waals surface area contributed by atoms with Gasteiger partial charge in [-0.3, -0.25) is 4.79 Å². The van der Waals surface area contributed by atoms with Crippen LogP contribution in [0.4, 0.5) is 4.39 Å². The zero-order chi connectivity index (χ0) is 15.4. The molecule has 2 heterocycles. The SMILES string of the molecule is O=C(Cc1cccc(F)c1)NCc1noc(-c2cccs2)n1. The van der Waals surface area contributed by atoms with E-state index in [1.54, 1.807) is 12.1 Å². The molecule has 3 aromatic rings. The number of aromatic nitrogens is 2. The van der Waals surface area contributed by atoms with Crippen molar-refractivity contribution in [1.29, 1.82) is 0 Å². The molecular weight excluding hydrogens is 305 g/mol. The number of hydrogen-bond acceptors (Lipinski definition) is 5. The van der Waals surface area contributed by atoms with Gasteiger partial charge in [-0.1, -0.05) is 23.4 Å². The van der Waals surface area contributed by atoms with Crippen molar-refractivity contribution in [2.75, 3.05) is 0 Å². The van der Waals surface area contributed by atoms with Crippen LogP contribution in [0.2, 0.25) is 0 Å². The van der Waals surface area contributed by atoms with Crippen molar-refractivity contribution >= 4 is 17.2 Å². The van der Waals surface area contributed by atoms with Crippen LogP contribution in [0.3, 0.4) is 0 Å². The monoisotopic (exact) mass is 317 g/mol. The predicted molar refractivity (Wildman–Crippen MR) is 79.6 cm³/mol. The molecule has 2 aromatic heterocycles. The number of carbonyl (C=O) groups is 1. The summed E-state index contributed by atoms with van der Waals surface area (Å²) in [7, 11) is 0. The number of amides is 1. The Morgan fingerprint density at radius 3 is 3.00 bits per heavy atom. The van der Waals surface area contributed by atoms with E-state index in [9.17, 15) is 9.18 Å². The second kappa shape index (κ2) is 6.48. The molecule has 22 heavy (non-hydrogen) atoms. The third kappa shape index (κ3) is 3.56. The molecule has 112 valence electrons. The molecule has 7 heteroatoms. The Balaban J connectivity index is 1.55. The van der Waals surface area contributed by atoms with Crippen LogP contribution in [-0.2, 0) is 17.8 Å². The third-order valence-corrected chi connectivity index (χ3v) is 3.76. The number of hydrogen-bond donors (Lipinski definition) is 1. The number of nitrogens with zero attached hydrogens (tertiary/aromatic N) is 2. The van der Waals surface area contributed by atoms with E-state index in [2.05, 4.69) is 15.5 Å². The third-order valence-electron chi connectivity index (χ3n) is 2.90. The summed E-state index contributed by atoms with van der Waals surface area (Å²) in [6.45, 7) is 0.170. The first kappa shape index (κ1) is 14.4. The standard InChI is InChI=1S/C15H12FN3O2S/c16-11-4-1-3-10(7-11)8-14(20)17-9-13-18-15(21-19-13)12-5-2-6-22-12/h1-7H,8-9H2,(H,17,20). The molecule has 0 unspecified atom stereocenters. The topological polar surface area (TPSA) is 68.0 Å². The molecule has 0 aliphatic heterocycles. The Morgan fingerprint density at radius 2 is 2.23 bits per heavy atom. The lowest BCUT2D eigenvalue weighted by Gasteiger charge is -2.02. The minimum Gasteiger partial charge on any atom is -0.348 e. The van der Waals surface area contributed by atoms with Gasteiger partial charge in [0.1, 0.15) is 5.82 Å². The van der Waals surface area contributed by atoms with Crippen LogP contribution < -0.4 is 5.32 Å². The highest BCUT2D eigenvalue weighted by atomic mass is 32.1. The molecule has 0 radical (unpaired) electrons. The zero-order valence-corrected chi connectivity index (χ0v) is 12.3. The van der Waals surface area contributed by atoms with Gasteiger partial charge in [-0.2, -0.15) is 4.98 Å². The lowest BCUT2D eigenvalue weighted by molar-refractivity contribution is -0.120. The first-order chi connectivity index (χ1) is 10.7. The lowest BCUT2D eigenvalue weighted by Crippen LogP contribution is -2.25. The summed E-state index contributed by atoms with van der Waals surface area (Å²) in [4.78, 5) is 16.9. The number of carbonyl (C=O) groups excluding carboxylic acids is 1. The normalized spacial score (nSPS) is 10.6. The zero-order valence-electron chi connectivity index (χ0n) is 11.5. The van der Waals surface area contributed by atoms with Gasteiger partial charge in [0.2, 0.25) is 5.91 Å². The highest BCUT2D eigenvalue weighted by molar-refractivity contribution is 7.13. The van der Waals surface area contributed by atoms with Gasteiger partial charge in [-0.15, -0.1) is 11.3 Å². The fourth-order valence-corrected chi connectivity index (χ4v) is 2.54. The molecule has 0 saturated heterocycles. The van der Waals surface area contributed by atoms with E-state index in [4.69, 9.17) is 4.52 Å². The summed E-state index contributed by atoms with van der Waals surface area (Å²) in [6, 6.07) is 9.72. The van der Waals surface area contributed by atoms with E-state index < -0.39 is 0 Å². The molecule has 1 aromatic carbocycles. The van der Waals surface area contributed by atoms with E-state index in [-0.39, 0.29) is 24.7 Å². The second-order valence-corrected chi connectivity index (χ2v) is 5.52. The van der Waals surface area contributed by atoms with Crippen molar-refractivity contribution < 1.29 is 13.7 Å². The van der Waals surface area contributed by atoms with Gasteiger partial charge in [0.25, 0.3) is 5.89 Å². The van der Waals surface area contributed by atoms with E-state index in [0.717, 1.165) is 4.88 Å². The van der Waals surface area contributed by atoms with Gasteiger partial charge >= 0.3 is 0 Å². The summed E-state index contributed by atoms with van der Waals surface area (Å²) < 4.78 is 18.2. The fourth-order valence-electron chi connectivity index (χ4n) is 1.90. The van der Waals surface area contributed by atoms with Gasteiger partial charge in [-0.05, 0) is 29.1 Å². The number of halogens is 1. The Morgan fingerprint density at radius 1 is 1.32 bits per heavy atom. The molecule has 3 rings (SSSR count). The Bertz CT molecular complexity index is 771. The van der Waals surface area contributed by atoms with E-state index in [0.29, 0.717) is 17.3 Å². The van der Waals surface area contributed by atoms with Crippen molar-refractivity contribution in [3.63, 3.8) is 0 Å². The Hall–Kier alpha value is -2.54. The number of nitrogens with one attached hydrogen (secondary N) is 1. The minimum absolute atomic E-state index is 0.105. The first-order valence-electron chi connectivity index (χ1n) is 6.58. The van der Waals surface area contributed by atoms with Crippen molar-refractivity contribution in [2.45, 2.75) is 13.0 Å². The highest BCUT2D eigenvalue weighted by Gasteiger charge is 2.11. The molecule has 0 fully saturated rings. The van der Waals surface area contributed by atoms with Crippen LogP contribution in [0, 0.1) is 5.82 Å². The van der Waals surface area contributed by atoms with Crippen molar-refractivity contribution in [3.05, 3.63) is 59.0 Å². The average Bonchev–Trinajstić information content (AvgIpc) is 3.16. The van der Waals surface area contributed by atoms with Crippen LogP contribution in [0.5, 0.6) is 0 Å². The largest absolute Gasteiger partial charge is 0.348 e. The summed E-state index contributed by atoms with van der Waals surface area (Å²) in [5.74, 6) is 0.248. The summed E-state index contributed by atoms with van der Waals surface area (Å²) >= 11 is 1.50. The highest BCUT2D eigenvalue weighted by Crippen LogP contribution is 2.22. The molecule has 0 atom stereocenters. The Labute approximate surface area is 129 Å². The van der Waals surface area contributed by atoms with Gasteiger partial charge in [0.05, 0.1) is 17.8 Å². The number of benzene rings is 1. The molecule has 5 nitrogen and oxygen atoms in total. The average molecular weight is 317 g/mol. The van der Waals surface area contributed by atoms with Crippen molar-refractivity contribution in [2.24, 2.45) is 0 Å². The number of thiophene rings is 1. The number of rotatable bonds is 5. The minimum atomic E-state index is -0.357. The van der Waals surface area contributed by atoms with Crippen LogP contribution in [-0.4, -0.2) is 16.0 Å². The molecule has 1 N–H and O–H groups in total. The van der Waals surface area contributed by atoms with Crippen LogP contribution in [0.15, 0.2) is 46.3 Å². The summed E-state index contributed by atoms with van der Waals surface area (Å²) in [6.07, 6.45) is 0.105. The van der Waals surface area contributed by atoms with Gasteiger partial charge in [0.15, 0.2) is 5.82 Å². The lowest BCUT2D eigenvalue weighted by atomic mass is 10.1. The Kier molecular flexibility index (Phi) is 4.24. The maximum atomic E-state index is 13.0. The quantitative estimate of drug-likeness (QED) is 0.785. The fraction of sp³-hybridized carbons (Fsp3) is 0.133. The van der Waals surface area contributed by atoms with E-state index >= 15 is 0 Å². The van der Waals surface area contributed by atoms with Crippen LogP contribution in [0.25, 0.3) is 10.8 Å². The molecule has 0 spiro atoms. The first-order valence-corrected chi connectivity index (χ1v) is 7.46. The maximum absolute atomic E-state index is 13.0. The van der Waals surface area contributed by atoms with Crippen molar-refractivity contribution in [1.82, 2.24) is 15.5 Å². The second-order valence-electron chi connectivity index (χ2n) is 4.58. The van der Waals surface area contributed by atoms with E-state index in [1.807, 2.05) is 17.5 Å². The maximum Gasteiger partial charge on any atom is 0.268 e. The predicted octanol–water partition coefficient (Wildman–Crippen LogP) is 2.80. The van der Waals surface area contributed by atoms with Crippen LogP contribution >= 0.6 is 11.3 Å². The van der Waals surface area contributed by atoms with Gasteiger partial charge < -0.3 is 9.84 Å². The molecule has 0 bridgehead atoms. The van der Waals surface area contributed by atoms with Crippen LogP contribution in [0.1, 0.15) is 11.4 Å².